The minimum absolute atomic E-state index is 0.000676. The molecule has 2 fully saturated rings. The van der Waals surface area contributed by atoms with Gasteiger partial charge in [0.2, 0.25) is 0 Å². The molecule has 17 rings (SSSR count). The van der Waals surface area contributed by atoms with Crippen molar-refractivity contribution in [1.29, 1.82) is 0 Å². The molecule has 6 aliphatic rings. The summed E-state index contributed by atoms with van der Waals surface area (Å²) in [6, 6.07) is 60.5. The Balaban J connectivity index is 0.954. The average Bonchev–Trinajstić information content (AvgIpc) is 3.13. The van der Waals surface area contributed by atoms with Crippen LogP contribution in [0.1, 0.15) is 118 Å². The van der Waals surface area contributed by atoms with Crippen molar-refractivity contribution in [1.82, 2.24) is 0 Å². The van der Waals surface area contributed by atoms with Crippen LogP contribution in [0, 0.1) is 34.6 Å². The Hall–Kier alpha value is -8.16. The lowest BCUT2D eigenvalue weighted by atomic mass is 9.33. The van der Waals surface area contributed by atoms with Gasteiger partial charge >= 0.3 is 0 Å². The molecule has 0 bridgehead atoms. The molecule has 82 heavy (non-hydrogen) atoms. The fraction of sp³-hybridized carbons (Fsp3) is 0.280. The van der Waals surface area contributed by atoms with Gasteiger partial charge in [-0.1, -0.05) is 112 Å². The van der Waals surface area contributed by atoms with Crippen LogP contribution in [-0.2, 0) is 10.8 Å². The van der Waals surface area contributed by atoms with Crippen molar-refractivity contribution < 1.29 is 8.83 Å². The molecule has 9 aromatic carbocycles. The van der Waals surface area contributed by atoms with Gasteiger partial charge in [0.15, 0.2) is 5.58 Å². The predicted molar refractivity (Wildman–Crippen MR) is 344 cm³/mol. The van der Waals surface area contributed by atoms with Crippen LogP contribution >= 0.6 is 0 Å². The van der Waals surface area contributed by atoms with Gasteiger partial charge in [0.05, 0.1) is 16.8 Å². The summed E-state index contributed by atoms with van der Waals surface area (Å²) in [4.78, 5) is 10.7. The van der Waals surface area contributed by atoms with Crippen LogP contribution in [0.2, 0.25) is 0 Å². The van der Waals surface area contributed by atoms with Crippen molar-refractivity contribution in [2.45, 2.75) is 136 Å². The molecule has 2 aromatic heterocycles. The Morgan fingerprint density at radius 1 is 0.378 bits per heavy atom. The van der Waals surface area contributed by atoms with E-state index in [1.165, 1.54) is 139 Å². The topological polar surface area (TPSA) is 39.2 Å². The molecule has 11 aromatic rings. The summed E-state index contributed by atoms with van der Waals surface area (Å²) in [5.74, 6) is 0. The molecule has 2 saturated carbocycles. The van der Waals surface area contributed by atoms with Crippen molar-refractivity contribution in [3.05, 3.63) is 197 Å². The van der Waals surface area contributed by atoms with Crippen LogP contribution in [0.15, 0.2) is 167 Å². The fourth-order valence-electron chi connectivity index (χ4n) is 18.2. The number of para-hydroxylation sites is 3. The van der Waals surface area contributed by atoms with Crippen molar-refractivity contribution in [2.24, 2.45) is 0 Å². The molecule has 0 radical (unpaired) electrons. The third-order valence-electron chi connectivity index (χ3n) is 22.0. The van der Waals surface area contributed by atoms with E-state index in [0.717, 1.165) is 68.1 Å². The van der Waals surface area contributed by atoms with Gasteiger partial charge in [-0.05, 0) is 208 Å². The predicted octanol–water partition coefficient (Wildman–Crippen LogP) is 18.6. The summed E-state index contributed by atoms with van der Waals surface area (Å²) >= 11 is 0. The highest BCUT2D eigenvalue weighted by molar-refractivity contribution is 7.00. The number of furan rings is 2. The number of aryl methyl sites for hydroxylation is 5. The van der Waals surface area contributed by atoms with E-state index >= 15 is 0 Å². The van der Waals surface area contributed by atoms with E-state index in [1.807, 2.05) is 0 Å². The Bertz CT molecular complexity index is 4620. The van der Waals surface area contributed by atoms with Crippen molar-refractivity contribution in [3.8, 4) is 0 Å². The Morgan fingerprint density at radius 3 is 1.46 bits per heavy atom. The zero-order chi connectivity index (χ0) is 55.5. The number of hydrogen-bond acceptors (Lipinski definition) is 6. The second-order valence-corrected chi connectivity index (χ2v) is 26.6. The molecule has 0 amide bonds. The van der Waals surface area contributed by atoms with E-state index in [2.05, 4.69) is 240 Å². The van der Waals surface area contributed by atoms with Gasteiger partial charge in [-0.15, -0.1) is 0 Å². The van der Waals surface area contributed by atoms with Crippen molar-refractivity contribution in [3.63, 3.8) is 0 Å². The van der Waals surface area contributed by atoms with Crippen molar-refractivity contribution >= 4 is 124 Å². The second kappa shape index (κ2) is 16.5. The zero-order valence-corrected chi connectivity index (χ0v) is 48.9. The molecular weight excluding hydrogens is 1000 g/mol. The second-order valence-electron chi connectivity index (χ2n) is 26.6. The zero-order valence-electron chi connectivity index (χ0n) is 48.9. The average molecular weight is 1070 g/mol. The molecule has 4 atom stereocenters. The number of rotatable bonds is 4. The highest BCUT2D eigenvalue weighted by atomic mass is 16.3. The first-order valence-electron chi connectivity index (χ1n) is 30.4. The summed E-state index contributed by atoms with van der Waals surface area (Å²) in [6.45, 7) is 21.8. The summed E-state index contributed by atoms with van der Waals surface area (Å²) in [6.07, 6.45) is 9.57. The molecule has 404 valence electrons. The molecule has 7 heteroatoms. The lowest BCUT2D eigenvalue weighted by Crippen LogP contribution is -2.61. The minimum Gasteiger partial charge on any atom is -0.456 e. The monoisotopic (exact) mass is 1070 g/mol. The van der Waals surface area contributed by atoms with Gasteiger partial charge in [0, 0.05) is 89.6 Å². The fourth-order valence-corrected chi connectivity index (χ4v) is 18.2. The van der Waals surface area contributed by atoms with Gasteiger partial charge in [0.25, 0.3) is 6.71 Å². The van der Waals surface area contributed by atoms with Gasteiger partial charge in [-0.25, -0.2) is 0 Å². The van der Waals surface area contributed by atoms with E-state index in [1.54, 1.807) is 0 Å². The van der Waals surface area contributed by atoms with Crippen LogP contribution in [0.5, 0.6) is 0 Å². The molecule has 6 nitrogen and oxygen atoms in total. The number of benzene rings is 9. The van der Waals surface area contributed by atoms with E-state index < -0.39 is 0 Å². The Labute approximate surface area is 482 Å². The maximum Gasteiger partial charge on any atom is 0.252 e. The first kappa shape index (κ1) is 48.5. The standard InChI is InChI=1S/C75H69BN4O2/c1-44-35-47(4)68-61(37-44)79(74(8)33-16-14-31-72(68,74)6)50-26-29-56-59(41-50)77(49-25-28-54-52-19-10-12-23-65(52)81-67(54)43-49)63-39-46(3)40-64-70(63)76(56)57-30-27-51(80-62-38-45(2)36-48(5)69(62)73(7)32-15-17-34-75(73,80)9)42-60(57)78(64)58-22-18-21-55-53-20-11-13-24-66(53)82-71(55)58/h10-13,18-30,35-43H,14-17,31-34H2,1-9H3. The molecule has 4 aliphatic heterocycles. The van der Waals surface area contributed by atoms with Gasteiger partial charge in [-0.2, -0.15) is 0 Å². The lowest BCUT2D eigenvalue weighted by Gasteiger charge is -2.51. The lowest BCUT2D eigenvalue weighted by molar-refractivity contribution is 0.194. The van der Waals surface area contributed by atoms with Crippen LogP contribution in [0.4, 0.5) is 56.9 Å². The molecule has 6 heterocycles. The first-order valence-corrected chi connectivity index (χ1v) is 30.4. The van der Waals surface area contributed by atoms with Gasteiger partial charge in [-0.3, -0.25) is 0 Å². The highest BCUT2D eigenvalue weighted by Crippen LogP contribution is 2.64. The van der Waals surface area contributed by atoms with E-state index in [-0.39, 0.29) is 28.6 Å². The van der Waals surface area contributed by atoms with Crippen LogP contribution in [0.25, 0.3) is 43.9 Å². The smallest absolute Gasteiger partial charge is 0.252 e. The van der Waals surface area contributed by atoms with Crippen LogP contribution in [0.3, 0.4) is 0 Å². The normalized spacial score (nSPS) is 23.1. The quantitative estimate of drug-likeness (QED) is 0.164. The number of anilines is 10. The number of nitrogens with zero attached hydrogens (tertiary/aromatic N) is 4. The SMILES string of the molecule is Cc1cc2c3c(c1)N(c1cccc4c1oc1ccccc14)c1cc(N4c5cc(C)cc(C)c5C5(C)CCCCC45C)ccc1B3c1ccc(N3c4cc(C)cc(C)c4C4(C)CCCCC34C)cc1N2c1ccc2c(c1)oc1ccccc12. The molecule has 2 aliphatic carbocycles. The number of fused-ring (bicyclic) bond motifs is 16. The van der Waals surface area contributed by atoms with Gasteiger partial charge in [0.1, 0.15) is 16.7 Å². The molecule has 0 spiro atoms. The summed E-state index contributed by atoms with van der Waals surface area (Å²) < 4.78 is 13.9. The summed E-state index contributed by atoms with van der Waals surface area (Å²) in [5, 5.41) is 4.51. The summed E-state index contributed by atoms with van der Waals surface area (Å²) in [5.41, 5.74) is 29.0. The molecule has 0 N–H and O–H groups in total. The van der Waals surface area contributed by atoms with Gasteiger partial charge < -0.3 is 28.4 Å². The largest absolute Gasteiger partial charge is 0.456 e. The summed E-state index contributed by atoms with van der Waals surface area (Å²) in [7, 11) is 0. The van der Waals surface area contributed by atoms with E-state index in [9.17, 15) is 0 Å². The van der Waals surface area contributed by atoms with Crippen LogP contribution in [-0.4, -0.2) is 17.8 Å². The third kappa shape index (κ3) is 6.11. The van der Waals surface area contributed by atoms with Crippen LogP contribution < -0.4 is 36.0 Å². The highest BCUT2D eigenvalue weighted by Gasteiger charge is 2.60. The van der Waals surface area contributed by atoms with E-state index in [4.69, 9.17) is 8.83 Å². The Kier molecular flexibility index (Phi) is 9.78. The maximum absolute atomic E-state index is 7.09. The Morgan fingerprint density at radius 2 is 0.854 bits per heavy atom. The van der Waals surface area contributed by atoms with Crippen molar-refractivity contribution in [2.75, 3.05) is 19.6 Å². The first-order chi connectivity index (χ1) is 39.7. The van der Waals surface area contributed by atoms with E-state index in [0.29, 0.717) is 0 Å². The number of hydrogen-bond donors (Lipinski definition) is 0. The third-order valence-corrected chi connectivity index (χ3v) is 22.0. The molecule has 4 unspecified atom stereocenters. The maximum atomic E-state index is 7.09. The molecular formula is C75H69BN4O2. The minimum atomic E-state index is -0.119. The molecule has 0 saturated heterocycles.